The molecule has 1 aliphatic carbocycles. The molecule has 5 heteroatoms. The summed E-state index contributed by atoms with van der Waals surface area (Å²) < 4.78 is 0. The number of rotatable bonds is 3. The number of likely N-dealkylation sites (tertiary alicyclic amines) is 1. The SMILES string of the molecule is O=C1CC(NC2CCNCC2)C(=O)N1C1CCCCC1. The molecule has 0 bridgehead atoms. The Labute approximate surface area is 120 Å². The molecule has 0 spiro atoms. The monoisotopic (exact) mass is 279 g/mol. The molecule has 2 N–H and O–H groups in total. The van der Waals surface area contributed by atoms with Crippen LogP contribution in [0.3, 0.4) is 0 Å². The molecule has 0 radical (unpaired) electrons. The molecule has 5 nitrogen and oxygen atoms in total. The maximum atomic E-state index is 12.5. The van der Waals surface area contributed by atoms with Crippen molar-refractivity contribution in [1.29, 1.82) is 0 Å². The number of carbonyl (C=O) groups is 2. The summed E-state index contributed by atoms with van der Waals surface area (Å²) in [7, 11) is 0. The van der Waals surface area contributed by atoms with Crippen molar-refractivity contribution in [1.82, 2.24) is 15.5 Å². The minimum absolute atomic E-state index is 0.0282. The number of nitrogens with one attached hydrogen (secondary N) is 2. The molecule has 3 rings (SSSR count). The zero-order valence-electron chi connectivity index (χ0n) is 12.1. The fourth-order valence-electron chi connectivity index (χ4n) is 3.78. The summed E-state index contributed by atoms with van der Waals surface area (Å²) in [5, 5.41) is 6.73. The number of carbonyl (C=O) groups excluding carboxylic acids is 2. The van der Waals surface area contributed by atoms with Crippen molar-refractivity contribution >= 4 is 11.8 Å². The maximum absolute atomic E-state index is 12.5. The van der Waals surface area contributed by atoms with Gasteiger partial charge in [-0.15, -0.1) is 0 Å². The third-order valence-corrected chi connectivity index (χ3v) is 4.90. The van der Waals surface area contributed by atoms with Crippen LogP contribution in [0, 0.1) is 0 Å². The largest absolute Gasteiger partial charge is 0.317 e. The van der Waals surface area contributed by atoms with Gasteiger partial charge in [0.15, 0.2) is 0 Å². The van der Waals surface area contributed by atoms with E-state index < -0.39 is 0 Å². The van der Waals surface area contributed by atoms with E-state index in [9.17, 15) is 9.59 Å². The first kappa shape index (κ1) is 14.0. The van der Waals surface area contributed by atoms with Crippen LogP contribution in [-0.2, 0) is 9.59 Å². The van der Waals surface area contributed by atoms with Crippen LogP contribution in [0.4, 0.5) is 0 Å². The Balaban J connectivity index is 1.60. The van der Waals surface area contributed by atoms with Crippen molar-refractivity contribution in [2.75, 3.05) is 13.1 Å². The van der Waals surface area contributed by atoms with Crippen molar-refractivity contribution in [2.45, 2.75) is 69.5 Å². The smallest absolute Gasteiger partial charge is 0.247 e. The quantitative estimate of drug-likeness (QED) is 0.750. The van der Waals surface area contributed by atoms with E-state index in [2.05, 4.69) is 10.6 Å². The van der Waals surface area contributed by atoms with Crippen molar-refractivity contribution in [3.8, 4) is 0 Å². The van der Waals surface area contributed by atoms with Crippen molar-refractivity contribution in [3.63, 3.8) is 0 Å². The number of piperidine rings is 1. The molecule has 3 aliphatic rings. The number of hydrogen-bond donors (Lipinski definition) is 2. The van der Waals surface area contributed by atoms with Crippen LogP contribution < -0.4 is 10.6 Å². The third-order valence-electron chi connectivity index (χ3n) is 4.90. The highest BCUT2D eigenvalue weighted by Crippen LogP contribution is 2.27. The lowest BCUT2D eigenvalue weighted by Gasteiger charge is -2.30. The van der Waals surface area contributed by atoms with Gasteiger partial charge in [-0.3, -0.25) is 14.5 Å². The Kier molecular flexibility index (Phi) is 4.36. The lowest BCUT2D eigenvalue weighted by Crippen LogP contribution is -2.49. The van der Waals surface area contributed by atoms with Crippen molar-refractivity contribution < 1.29 is 9.59 Å². The highest BCUT2D eigenvalue weighted by atomic mass is 16.2. The van der Waals surface area contributed by atoms with Gasteiger partial charge in [0.05, 0.1) is 12.5 Å². The molecule has 0 aromatic rings. The molecular weight excluding hydrogens is 254 g/mol. The van der Waals surface area contributed by atoms with E-state index in [0.29, 0.717) is 12.5 Å². The van der Waals surface area contributed by atoms with Gasteiger partial charge in [-0.25, -0.2) is 0 Å². The summed E-state index contributed by atoms with van der Waals surface area (Å²) >= 11 is 0. The number of hydrogen-bond acceptors (Lipinski definition) is 4. The second-order valence-corrected chi connectivity index (χ2v) is 6.34. The van der Waals surface area contributed by atoms with Crippen LogP contribution in [0.5, 0.6) is 0 Å². The summed E-state index contributed by atoms with van der Waals surface area (Å²) in [5.74, 6) is 0.0637. The third kappa shape index (κ3) is 2.88. The molecule has 2 saturated heterocycles. The van der Waals surface area contributed by atoms with Gasteiger partial charge in [-0.1, -0.05) is 19.3 Å². The van der Waals surface area contributed by atoms with E-state index >= 15 is 0 Å². The minimum atomic E-state index is -0.271. The zero-order chi connectivity index (χ0) is 13.9. The van der Waals surface area contributed by atoms with Gasteiger partial charge in [-0.2, -0.15) is 0 Å². The maximum Gasteiger partial charge on any atom is 0.247 e. The second-order valence-electron chi connectivity index (χ2n) is 6.34. The fourth-order valence-corrected chi connectivity index (χ4v) is 3.78. The molecule has 3 fully saturated rings. The summed E-state index contributed by atoms with van der Waals surface area (Å²) in [6, 6.07) is 0.278. The molecule has 0 aromatic heterocycles. The van der Waals surface area contributed by atoms with Crippen LogP contribution in [0.15, 0.2) is 0 Å². The standard InChI is InChI=1S/C15H25N3O2/c19-14-10-13(17-11-6-8-16-9-7-11)15(20)18(14)12-4-2-1-3-5-12/h11-13,16-17H,1-10H2. The molecule has 2 heterocycles. The number of amides is 2. The Bertz CT molecular complexity index is 373. The Morgan fingerprint density at radius 3 is 2.40 bits per heavy atom. The molecule has 2 aliphatic heterocycles. The summed E-state index contributed by atoms with van der Waals surface area (Å²) in [6.07, 6.45) is 7.98. The van der Waals surface area contributed by atoms with Crippen LogP contribution in [0.2, 0.25) is 0 Å². The molecule has 20 heavy (non-hydrogen) atoms. The first-order chi connectivity index (χ1) is 9.75. The average molecular weight is 279 g/mol. The Hall–Kier alpha value is -0.940. The van der Waals surface area contributed by atoms with Crippen LogP contribution in [0.25, 0.3) is 0 Å². The van der Waals surface area contributed by atoms with E-state index in [1.807, 2.05) is 0 Å². The first-order valence-electron chi connectivity index (χ1n) is 8.08. The predicted octanol–water partition coefficient (Wildman–Crippen LogP) is 0.788. The summed E-state index contributed by atoms with van der Waals surface area (Å²) in [5.41, 5.74) is 0. The fraction of sp³-hybridized carbons (Fsp3) is 0.867. The molecule has 1 atom stereocenters. The van der Waals surface area contributed by atoms with Gasteiger partial charge >= 0.3 is 0 Å². The van der Waals surface area contributed by atoms with Gasteiger partial charge in [0.2, 0.25) is 11.8 Å². The molecule has 1 saturated carbocycles. The van der Waals surface area contributed by atoms with Crippen molar-refractivity contribution in [2.24, 2.45) is 0 Å². The lowest BCUT2D eigenvalue weighted by atomic mass is 9.94. The zero-order valence-corrected chi connectivity index (χ0v) is 12.1. The van der Waals surface area contributed by atoms with Gasteiger partial charge < -0.3 is 10.6 Å². The molecule has 112 valence electrons. The Morgan fingerprint density at radius 1 is 1.00 bits per heavy atom. The van der Waals surface area contributed by atoms with Gasteiger partial charge in [0.1, 0.15) is 0 Å². The summed E-state index contributed by atoms with van der Waals surface area (Å²) in [6.45, 7) is 2.00. The normalized spacial score (nSPS) is 30.2. The highest BCUT2D eigenvalue weighted by molar-refractivity contribution is 6.05. The van der Waals surface area contributed by atoms with E-state index in [0.717, 1.165) is 51.6 Å². The second kappa shape index (κ2) is 6.22. The minimum Gasteiger partial charge on any atom is -0.317 e. The number of nitrogens with zero attached hydrogens (tertiary/aromatic N) is 1. The predicted molar refractivity (Wildman–Crippen MR) is 76.2 cm³/mol. The van der Waals surface area contributed by atoms with E-state index in [1.165, 1.54) is 6.42 Å². The van der Waals surface area contributed by atoms with Crippen LogP contribution in [-0.4, -0.2) is 47.9 Å². The topological polar surface area (TPSA) is 61.4 Å². The van der Waals surface area contributed by atoms with Gasteiger partial charge in [-0.05, 0) is 38.8 Å². The van der Waals surface area contributed by atoms with Gasteiger partial charge in [0.25, 0.3) is 0 Å². The average Bonchev–Trinajstić information content (AvgIpc) is 2.75. The molecule has 1 unspecified atom stereocenters. The molecule has 2 amide bonds. The Morgan fingerprint density at radius 2 is 1.70 bits per heavy atom. The van der Waals surface area contributed by atoms with E-state index in [4.69, 9.17) is 0 Å². The van der Waals surface area contributed by atoms with Crippen LogP contribution >= 0.6 is 0 Å². The van der Waals surface area contributed by atoms with E-state index in [-0.39, 0.29) is 23.9 Å². The van der Waals surface area contributed by atoms with Gasteiger partial charge in [0, 0.05) is 12.1 Å². The number of imide groups is 1. The molecule has 0 aromatic carbocycles. The van der Waals surface area contributed by atoms with E-state index in [1.54, 1.807) is 4.90 Å². The van der Waals surface area contributed by atoms with Crippen molar-refractivity contribution in [3.05, 3.63) is 0 Å². The first-order valence-corrected chi connectivity index (χ1v) is 8.08. The molecular formula is C15H25N3O2. The lowest BCUT2D eigenvalue weighted by molar-refractivity contribution is -0.142. The van der Waals surface area contributed by atoms with Crippen LogP contribution in [0.1, 0.15) is 51.4 Å². The highest BCUT2D eigenvalue weighted by Gasteiger charge is 2.43. The summed E-state index contributed by atoms with van der Waals surface area (Å²) in [4.78, 5) is 26.3.